The van der Waals surface area contributed by atoms with Gasteiger partial charge in [-0.2, -0.15) is 0 Å². The van der Waals surface area contributed by atoms with Gasteiger partial charge in [0.15, 0.2) is 0 Å². The van der Waals surface area contributed by atoms with Crippen LogP contribution in [0.15, 0.2) is 59.6 Å². The quantitative estimate of drug-likeness (QED) is 0.384. The van der Waals surface area contributed by atoms with E-state index in [1.807, 2.05) is 57.2 Å². The highest BCUT2D eigenvalue weighted by atomic mass is 32.2. The summed E-state index contributed by atoms with van der Waals surface area (Å²) >= 11 is -1.35. The third kappa shape index (κ3) is 4.46. The van der Waals surface area contributed by atoms with Crippen molar-refractivity contribution in [2.45, 2.75) is 31.9 Å². The molecule has 2 aromatic rings. The van der Waals surface area contributed by atoms with Gasteiger partial charge in [-0.3, -0.25) is 4.98 Å². The first-order valence-corrected chi connectivity index (χ1v) is 8.85. The van der Waals surface area contributed by atoms with E-state index in [0.717, 1.165) is 11.1 Å². The van der Waals surface area contributed by atoms with Crippen molar-refractivity contribution in [3.8, 4) is 11.1 Å². The Balaban J connectivity index is 2.46. The fraction of sp³-hybridized carbons (Fsp3) is 0.263. The Bertz CT molecular complexity index is 750. The number of pyridine rings is 1. The Hall–Kier alpha value is -2.11. The Morgan fingerprint density at radius 1 is 1.33 bits per heavy atom. The van der Waals surface area contributed by atoms with Gasteiger partial charge in [-0.05, 0) is 44.5 Å². The standard InChI is InChI=1S/C19H23N3OS/c1-5-8-17(22-24(23)19(2,3)4)18-13-14(11-12-21-18)15-9-6-7-10-16(15)20/h5-7,9-13H,1,8,20H2,2-4H3/b22-17+/t24-/m0/s1. The minimum atomic E-state index is -1.35. The number of aromatic nitrogens is 1. The average Bonchev–Trinajstić information content (AvgIpc) is 2.54. The third-order valence-corrected chi connectivity index (χ3v) is 4.82. The van der Waals surface area contributed by atoms with Crippen LogP contribution in [0.5, 0.6) is 0 Å². The van der Waals surface area contributed by atoms with Crippen LogP contribution < -0.4 is 5.73 Å². The molecule has 5 heteroatoms. The van der Waals surface area contributed by atoms with E-state index in [0.29, 0.717) is 23.5 Å². The molecule has 0 saturated carbocycles. The molecule has 0 aliphatic rings. The summed E-state index contributed by atoms with van der Waals surface area (Å²) in [5.41, 5.74) is 10.0. The number of nitrogens with two attached hydrogens (primary N) is 1. The first-order valence-electron chi connectivity index (χ1n) is 7.74. The number of anilines is 1. The van der Waals surface area contributed by atoms with Gasteiger partial charge in [0.25, 0.3) is 0 Å². The van der Waals surface area contributed by atoms with Gasteiger partial charge in [0.05, 0.1) is 5.69 Å². The molecular formula is C19H23N3OS. The van der Waals surface area contributed by atoms with Gasteiger partial charge in [-0.25, -0.2) is 0 Å². The van der Waals surface area contributed by atoms with Crippen molar-refractivity contribution in [1.82, 2.24) is 4.98 Å². The van der Waals surface area contributed by atoms with E-state index in [-0.39, 0.29) is 0 Å². The molecular weight excluding hydrogens is 318 g/mol. The molecule has 1 aromatic heterocycles. The molecule has 2 N–H and O–H groups in total. The van der Waals surface area contributed by atoms with Gasteiger partial charge in [0, 0.05) is 23.9 Å². The summed E-state index contributed by atoms with van der Waals surface area (Å²) in [5, 5.41) is 0. The molecule has 0 unspecified atom stereocenters. The normalized spacial score (nSPS) is 13.6. The van der Waals surface area contributed by atoms with Gasteiger partial charge >= 0.3 is 0 Å². The summed E-state index contributed by atoms with van der Waals surface area (Å²) in [5.74, 6) is 0. The first kappa shape index (κ1) is 18.2. The number of nitrogen functional groups attached to an aromatic ring is 1. The summed E-state index contributed by atoms with van der Waals surface area (Å²) < 4.78 is 16.3. The molecule has 0 saturated heterocycles. The molecule has 0 bridgehead atoms. The number of rotatable bonds is 5. The highest BCUT2D eigenvalue weighted by Gasteiger charge is 2.27. The largest absolute Gasteiger partial charge is 0.591 e. The minimum Gasteiger partial charge on any atom is -0.591 e. The number of hydrogen-bond donors (Lipinski definition) is 1. The average molecular weight is 341 g/mol. The van der Waals surface area contributed by atoms with Crippen molar-refractivity contribution in [2.24, 2.45) is 4.40 Å². The first-order chi connectivity index (χ1) is 11.3. The lowest BCUT2D eigenvalue weighted by Gasteiger charge is -2.19. The predicted molar refractivity (Wildman–Crippen MR) is 103 cm³/mol. The zero-order valence-corrected chi connectivity index (χ0v) is 15.1. The molecule has 126 valence electrons. The van der Waals surface area contributed by atoms with Crippen LogP contribution in [0.1, 0.15) is 32.9 Å². The van der Waals surface area contributed by atoms with Crippen LogP contribution in [0.3, 0.4) is 0 Å². The topological polar surface area (TPSA) is 74.3 Å². The molecule has 1 aromatic carbocycles. The van der Waals surface area contributed by atoms with Crippen LogP contribution in [0.4, 0.5) is 5.69 Å². The van der Waals surface area contributed by atoms with Crippen LogP contribution in [-0.2, 0) is 11.4 Å². The second-order valence-corrected chi connectivity index (χ2v) is 8.31. The molecule has 1 atom stereocenters. The smallest absolute Gasteiger partial charge is 0.144 e. The lowest BCUT2D eigenvalue weighted by Crippen LogP contribution is -2.27. The molecule has 0 amide bonds. The molecule has 0 spiro atoms. The molecule has 1 heterocycles. The zero-order valence-electron chi connectivity index (χ0n) is 14.3. The van der Waals surface area contributed by atoms with Crippen LogP contribution in [0.25, 0.3) is 11.1 Å². The van der Waals surface area contributed by atoms with E-state index in [1.165, 1.54) is 0 Å². The molecule has 24 heavy (non-hydrogen) atoms. The second-order valence-electron chi connectivity index (χ2n) is 6.41. The Morgan fingerprint density at radius 3 is 2.67 bits per heavy atom. The fourth-order valence-corrected chi connectivity index (χ4v) is 2.72. The van der Waals surface area contributed by atoms with Crippen LogP contribution in [0.2, 0.25) is 0 Å². The van der Waals surface area contributed by atoms with Gasteiger partial charge in [0.1, 0.15) is 21.8 Å². The van der Waals surface area contributed by atoms with Crippen molar-refractivity contribution in [3.63, 3.8) is 0 Å². The molecule has 0 fully saturated rings. The summed E-state index contributed by atoms with van der Waals surface area (Å²) in [4.78, 5) is 4.39. The highest BCUT2D eigenvalue weighted by molar-refractivity contribution is 7.91. The van der Waals surface area contributed by atoms with Crippen molar-refractivity contribution in [1.29, 1.82) is 0 Å². The van der Waals surface area contributed by atoms with Crippen LogP contribution in [0, 0.1) is 0 Å². The maximum Gasteiger partial charge on any atom is 0.144 e. The Morgan fingerprint density at radius 2 is 2.04 bits per heavy atom. The van der Waals surface area contributed by atoms with E-state index in [2.05, 4.69) is 16.0 Å². The van der Waals surface area contributed by atoms with E-state index >= 15 is 0 Å². The third-order valence-electron chi connectivity index (χ3n) is 3.38. The van der Waals surface area contributed by atoms with Crippen molar-refractivity contribution in [2.75, 3.05) is 5.73 Å². The lowest BCUT2D eigenvalue weighted by molar-refractivity contribution is 0.561. The van der Waals surface area contributed by atoms with Crippen molar-refractivity contribution in [3.05, 3.63) is 60.9 Å². The van der Waals surface area contributed by atoms with Crippen molar-refractivity contribution >= 4 is 22.8 Å². The Kier molecular flexibility index (Phi) is 5.80. The van der Waals surface area contributed by atoms with Crippen LogP contribution >= 0.6 is 0 Å². The number of nitrogens with zero attached hydrogens (tertiary/aromatic N) is 2. The molecule has 0 radical (unpaired) electrons. The van der Waals surface area contributed by atoms with Crippen molar-refractivity contribution < 1.29 is 4.55 Å². The van der Waals surface area contributed by atoms with Gasteiger partial charge in [-0.15, -0.1) is 6.58 Å². The minimum absolute atomic E-state index is 0.423. The molecule has 2 rings (SSSR count). The second kappa shape index (κ2) is 7.64. The summed E-state index contributed by atoms with van der Waals surface area (Å²) in [7, 11) is 0. The number of para-hydroxylation sites is 1. The molecule has 0 aliphatic heterocycles. The molecule has 0 aliphatic carbocycles. The van der Waals surface area contributed by atoms with E-state index in [9.17, 15) is 4.55 Å². The summed E-state index contributed by atoms with van der Waals surface area (Å²) in [6.45, 7) is 9.45. The van der Waals surface area contributed by atoms with E-state index in [4.69, 9.17) is 5.73 Å². The maximum atomic E-state index is 12.4. The SMILES string of the molecule is C=CC/C(=N\[S@@+]([O-])C(C)(C)C)c1cc(-c2ccccc2N)ccn1. The van der Waals surface area contributed by atoms with E-state index in [1.54, 1.807) is 12.3 Å². The fourth-order valence-electron chi connectivity index (χ4n) is 2.08. The molecule has 4 nitrogen and oxygen atoms in total. The number of allylic oxidation sites excluding steroid dienone is 1. The summed E-state index contributed by atoms with van der Waals surface area (Å²) in [6, 6.07) is 11.5. The van der Waals surface area contributed by atoms with E-state index < -0.39 is 16.1 Å². The maximum absolute atomic E-state index is 12.4. The lowest BCUT2D eigenvalue weighted by atomic mass is 10.0. The van der Waals surface area contributed by atoms with Gasteiger partial charge in [-0.1, -0.05) is 28.7 Å². The van der Waals surface area contributed by atoms with Gasteiger partial charge < -0.3 is 10.3 Å². The highest BCUT2D eigenvalue weighted by Crippen LogP contribution is 2.26. The monoisotopic (exact) mass is 341 g/mol. The predicted octanol–water partition coefficient (Wildman–Crippen LogP) is 4.16. The Labute approximate surface area is 146 Å². The number of benzene rings is 1. The van der Waals surface area contributed by atoms with Gasteiger partial charge in [0.2, 0.25) is 0 Å². The zero-order chi connectivity index (χ0) is 17.7. The number of hydrogen-bond acceptors (Lipinski definition) is 4. The van der Waals surface area contributed by atoms with Crippen LogP contribution in [-0.4, -0.2) is 20.0 Å². The summed E-state index contributed by atoms with van der Waals surface area (Å²) in [6.07, 6.45) is 3.96.